The summed E-state index contributed by atoms with van der Waals surface area (Å²) in [5.74, 6) is 0.342. The number of rotatable bonds is 3. The van der Waals surface area contributed by atoms with E-state index in [4.69, 9.17) is 0 Å². The Labute approximate surface area is 138 Å². The molecule has 0 aromatic heterocycles. The molecule has 0 saturated carbocycles. The number of phenolic OH excluding ortho intramolecular Hbond substituents is 1. The second kappa shape index (κ2) is 6.50. The molecule has 1 N–H and O–H groups in total. The Morgan fingerprint density at radius 1 is 0.913 bits per heavy atom. The molecule has 2 aromatic carbocycles. The van der Waals surface area contributed by atoms with E-state index in [9.17, 15) is 5.11 Å². The van der Waals surface area contributed by atoms with Gasteiger partial charge in [0.25, 0.3) is 0 Å². The molecule has 2 fully saturated rings. The first kappa shape index (κ1) is 15.0. The number of fused-ring (bicyclic) bond motifs is 1. The van der Waals surface area contributed by atoms with Crippen molar-refractivity contribution in [1.82, 2.24) is 9.80 Å². The molecular weight excluding hydrogens is 284 g/mol. The van der Waals surface area contributed by atoms with Crippen LogP contribution < -0.4 is 0 Å². The number of aromatic hydroxyl groups is 1. The molecule has 1 atom stereocenters. The van der Waals surface area contributed by atoms with Crippen molar-refractivity contribution in [2.45, 2.75) is 38.3 Å². The first-order valence-electron chi connectivity index (χ1n) is 8.96. The molecule has 0 radical (unpaired) electrons. The number of likely N-dealkylation sites (tertiary alicyclic amines) is 2. The predicted molar refractivity (Wildman–Crippen MR) is 94.7 cm³/mol. The number of hydrogen-bond donors (Lipinski definition) is 1. The van der Waals surface area contributed by atoms with Crippen LogP contribution in [0.4, 0.5) is 0 Å². The molecule has 0 amide bonds. The molecule has 2 aromatic rings. The minimum absolute atomic E-state index is 0.342. The number of nitrogens with zero attached hydrogens (tertiary/aromatic N) is 2. The molecular formula is C20H26N2O. The van der Waals surface area contributed by atoms with Crippen molar-refractivity contribution in [2.24, 2.45) is 0 Å². The largest absolute Gasteiger partial charge is 0.508 e. The Kier molecular flexibility index (Phi) is 4.23. The summed E-state index contributed by atoms with van der Waals surface area (Å²) < 4.78 is 0. The highest BCUT2D eigenvalue weighted by Crippen LogP contribution is 2.24. The van der Waals surface area contributed by atoms with Crippen molar-refractivity contribution in [2.75, 3.05) is 26.2 Å². The molecule has 2 aliphatic heterocycles. The zero-order valence-electron chi connectivity index (χ0n) is 13.7. The molecule has 23 heavy (non-hydrogen) atoms. The van der Waals surface area contributed by atoms with Crippen LogP contribution in [0.3, 0.4) is 0 Å². The van der Waals surface area contributed by atoms with E-state index >= 15 is 0 Å². The van der Waals surface area contributed by atoms with E-state index in [2.05, 4.69) is 28.0 Å². The van der Waals surface area contributed by atoms with Gasteiger partial charge in [-0.25, -0.2) is 0 Å². The van der Waals surface area contributed by atoms with Crippen LogP contribution in [-0.2, 0) is 6.54 Å². The van der Waals surface area contributed by atoms with Gasteiger partial charge in [0.1, 0.15) is 5.75 Å². The zero-order chi connectivity index (χ0) is 15.6. The lowest BCUT2D eigenvalue weighted by Gasteiger charge is -2.32. The average molecular weight is 310 g/mol. The molecule has 0 unspecified atom stereocenters. The fourth-order valence-electron chi connectivity index (χ4n) is 4.18. The van der Waals surface area contributed by atoms with E-state index in [-0.39, 0.29) is 0 Å². The van der Waals surface area contributed by atoms with Gasteiger partial charge in [0, 0.05) is 25.7 Å². The van der Waals surface area contributed by atoms with Crippen molar-refractivity contribution < 1.29 is 5.11 Å². The molecule has 4 rings (SSSR count). The van der Waals surface area contributed by atoms with Crippen LogP contribution in [0.5, 0.6) is 5.75 Å². The molecule has 3 nitrogen and oxygen atoms in total. The lowest BCUT2D eigenvalue weighted by Crippen LogP contribution is -2.40. The molecule has 3 heteroatoms. The third kappa shape index (κ3) is 3.36. The Balaban J connectivity index is 1.41. The SMILES string of the molecule is Oc1ccc2cc(CN3CC[C@H](N4CCCCC4)C3)ccc2c1. The predicted octanol–water partition coefficient (Wildman–Crippen LogP) is 3.61. The van der Waals surface area contributed by atoms with Gasteiger partial charge in [0.15, 0.2) is 0 Å². The van der Waals surface area contributed by atoms with Crippen LogP contribution in [0, 0.1) is 0 Å². The van der Waals surface area contributed by atoms with E-state index in [1.807, 2.05) is 12.1 Å². The quantitative estimate of drug-likeness (QED) is 0.938. The minimum Gasteiger partial charge on any atom is -0.508 e. The molecule has 0 bridgehead atoms. The third-order valence-corrected chi connectivity index (χ3v) is 5.45. The summed E-state index contributed by atoms with van der Waals surface area (Å²) in [5, 5.41) is 11.9. The summed E-state index contributed by atoms with van der Waals surface area (Å²) in [6, 6.07) is 13.0. The molecule has 0 spiro atoms. The highest BCUT2D eigenvalue weighted by Gasteiger charge is 2.28. The molecule has 122 valence electrons. The van der Waals surface area contributed by atoms with Crippen LogP contribution >= 0.6 is 0 Å². The summed E-state index contributed by atoms with van der Waals surface area (Å²) in [6.45, 7) is 6.08. The molecule has 2 heterocycles. The third-order valence-electron chi connectivity index (χ3n) is 5.45. The molecule has 2 saturated heterocycles. The van der Waals surface area contributed by atoms with Crippen molar-refractivity contribution in [3.8, 4) is 5.75 Å². The van der Waals surface area contributed by atoms with Crippen molar-refractivity contribution in [3.63, 3.8) is 0 Å². The molecule has 2 aliphatic rings. The fraction of sp³-hybridized carbons (Fsp3) is 0.500. The van der Waals surface area contributed by atoms with E-state index in [0.717, 1.165) is 18.0 Å². The topological polar surface area (TPSA) is 26.7 Å². The van der Waals surface area contributed by atoms with Crippen LogP contribution in [-0.4, -0.2) is 47.1 Å². The standard InChI is InChI=1S/C20H26N2O/c23-20-7-6-17-12-16(4-5-18(17)13-20)14-21-11-8-19(15-21)22-9-2-1-3-10-22/h4-7,12-13,19,23H,1-3,8-11,14-15H2/t19-/m0/s1. The highest BCUT2D eigenvalue weighted by atomic mass is 16.3. The summed E-state index contributed by atoms with van der Waals surface area (Å²) in [4.78, 5) is 5.31. The van der Waals surface area contributed by atoms with E-state index in [0.29, 0.717) is 5.75 Å². The van der Waals surface area contributed by atoms with Gasteiger partial charge in [-0.2, -0.15) is 0 Å². The maximum atomic E-state index is 9.57. The zero-order valence-corrected chi connectivity index (χ0v) is 13.7. The van der Waals surface area contributed by atoms with Gasteiger partial charge in [-0.05, 0) is 66.9 Å². The smallest absolute Gasteiger partial charge is 0.116 e. The van der Waals surface area contributed by atoms with Gasteiger partial charge in [-0.15, -0.1) is 0 Å². The van der Waals surface area contributed by atoms with E-state index in [1.54, 1.807) is 6.07 Å². The van der Waals surface area contributed by atoms with E-state index in [1.165, 1.54) is 62.8 Å². The highest BCUT2D eigenvalue weighted by molar-refractivity contribution is 5.84. The van der Waals surface area contributed by atoms with Gasteiger partial charge in [0.05, 0.1) is 0 Å². The number of phenols is 1. The Bertz CT molecular complexity index is 678. The van der Waals surface area contributed by atoms with Crippen LogP contribution in [0.2, 0.25) is 0 Å². The summed E-state index contributed by atoms with van der Waals surface area (Å²) in [6.07, 6.45) is 5.50. The lowest BCUT2D eigenvalue weighted by atomic mass is 10.1. The van der Waals surface area contributed by atoms with Crippen molar-refractivity contribution in [1.29, 1.82) is 0 Å². The first-order valence-corrected chi connectivity index (χ1v) is 8.96. The van der Waals surface area contributed by atoms with Crippen molar-refractivity contribution in [3.05, 3.63) is 42.0 Å². The van der Waals surface area contributed by atoms with Gasteiger partial charge in [-0.3, -0.25) is 9.80 Å². The minimum atomic E-state index is 0.342. The summed E-state index contributed by atoms with van der Waals surface area (Å²) in [5.41, 5.74) is 1.38. The van der Waals surface area contributed by atoms with Gasteiger partial charge in [-0.1, -0.05) is 24.6 Å². The lowest BCUT2D eigenvalue weighted by molar-refractivity contribution is 0.161. The maximum absolute atomic E-state index is 9.57. The number of piperidine rings is 1. The molecule has 0 aliphatic carbocycles. The van der Waals surface area contributed by atoms with Crippen LogP contribution in [0.25, 0.3) is 10.8 Å². The normalized spacial score (nSPS) is 23.6. The fourth-order valence-corrected chi connectivity index (χ4v) is 4.18. The first-order chi connectivity index (χ1) is 11.3. The average Bonchev–Trinajstić information content (AvgIpc) is 3.04. The summed E-state index contributed by atoms with van der Waals surface area (Å²) >= 11 is 0. The second-order valence-corrected chi connectivity index (χ2v) is 7.14. The summed E-state index contributed by atoms with van der Waals surface area (Å²) in [7, 11) is 0. The van der Waals surface area contributed by atoms with E-state index < -0.39 is 0 Å². The van der Waals surface area contributed by atoms with Gasteiger partial charge >= 0.3 is 0 Å². The van der Waals surface area contributed by atoms with Crippen molar-refractivity contribution >= 4 is 10.8 Å². The number of hydrogen-bond acceptors (Lipinski definition) is 3. The second-order valence-electron chi connectivity index (χ2n) is 7.14. The number of benzene rings is 2. The Morgan fingerprint density at radius 3 is 2.57 bits per heavy atom. The monoisotopic (exact) mass is 310 g/mol. The Morgan fingerprint density at radius 2 is 1.70 bits per heavy atom. The Hall–Kier alpha value is -1.58. The van der Waals surface area contributed by atoms with Gasteiger partial charge in [0.2, 0.25) is 0 Å². The van der Waals surface area contributed by atoms with Crippen LogP contribution in [0.1, 0.15) is 31.2 Å². The van der Waals surface area contributed by atoms with Gasteiger partial charge < -0.3 is 5.11 Å². The maximum Gasteiger partial charge on any atom is 0.116 e. The van der Waals surface area contributed by atoms with Crippen LogP contribution in [0.15, 0.2) is 36.4 Å².